The summed E-state index contributed by atoms with van der Waals surface area (Å²) in [6.45, 7) is 1.46. The summed E-state index contributed by atoms with van der Waals surface area (Å²) in [5.74, 6) is -1.26. The zero-order valence-corrected chi connectivity index (χ0v) is 10.0. The summed E-state index contributed by atoms with van der Waals surface area (Å²) in [5.41, 5.74) is 0. The van der Waals surface area contributed by atoms with E-state index in [1.807, 2.05) is 0 Å². The molecular weight excluding hydrogens is 236 g/mol. The molecule has 0 aromatic carbocycles. The van der Waals surface area contributed by atoms with Gasteiger partial charge in [0.2, 0.25) is 5.91 Å². The van der Waals surface area contributed by atoms with Gasteiger partial charge in [-0.3, -0.25) is 14.3 Å². The van der Waals surface area contributed by atoms with Crippen molar-refractivity contribution in [3.8, 4) is 0 Å². The summed E-state index contributed by atoms with van der Waals surface area (Å²) in [7, 11) is 0. The highest BCUT2D eigenvalue weighted by molar-refractivity contribution is 5.77. The number of likely N-dealkylation sites (tertiary alicyclic amines) is 1. The number of aliphatic carboxylic acids is 1. The molecule has 1 aliphatic rings. The van der Waals surface area contributed by atoms with E-state index in [2.05, 4.69) is 10.3 Å². The molecule has 1 saturated heterocycles. The molecule has 2 heterocycles. The Bertz CT molecular complexity index is 418. The molecule has 0 saturated carbocycles. The van der Waals surface area contributed by atoms with Crippen molar-refractivity contribution in [1.82, 2.24) is 19.9 Å². The van der Waals surface area contributed by atoms with Crippen molar-refractivity contribution in [1.29, 1.82) is 0 Å². The predicted octanol–water partition coefficient (Wildman–Crippen LogP) is -0.00860. The maximum atomic E-state index is 11.9. The van der Waals surface area contributed by atoms with Gasteiger partial charge in [-0.25, -0.2) is 0 Å². The fraction of sp³-hybridized carbons (Fsp3) is 0.636. The minimum Gasteiger partial charge on any atom is -0.481 e. The van der Waals surface area contributed by atoms with Crippen LogP contribution in [0.25, 0.3) is 0 Å². The monoisotopic (exact) mass is 252 g/mol. The zero-order valence-electron chi connectivity index (χ0n) is 10.0. The average Bonchev–Trinajstić information content (AvgIpc) is 2.89. The highest BCUT2D eigenvalue weighted by Gasteiger charge is 2.27. The van der Waals surface area contributed by atoms with Crippen LogP contribution in [0, 0.1) is 5.92 Å². The van der Waals surface area contributed by atoms with E-state index in [1.165, 1.54) is 0 Å². The SMILES string of the molecule is O=C(O)C1CCCN(C(=O)CCn2ccnn2)C1. The number of carbonyl (C=O) groups is 2. The van der Waals surface area contributed by atoms with Crippen LogP contribution in [0.4, 0.5) is 0 Å². The third-order valence-corrected chi connectivity index (χ3v) is 3.15. The van der Waals surface area contributed by atoms with Crippen molar-refractivity contribution in [2.24, 2.45) is 5.92 Å². The van der Waals surface area contributed by atoms with Crippen molar-refractivity contribution < 1.29 is 14.7 Å². The second kappa shape index (κ2) is 5.61. The number of carbonyl (C=O) groups excluding carboxylic acids is 1. The van der Waals surface area contributed by atoms with Gasteiger partial charge in [-0.05, 0) is 12.8 Å². The number of carboxylic acid groups (broad SMARTS) is 1. The van der Waals surface area contributed by atoms with Crippen LogP contribution in [-0.2, 0) is 16.1 Å². The van der Waals surface area contributed by atoms with Crippen LogP contribution in [0.5, 0.6) is 0 Å². The smallest absolute Gasteiger partial charge is 0.308 e. The van der Waals surface area contributed by atoms with Crippen molar-refractivity contribution in [2.45, 2.75) is 25.8 Å². The van der Waals surface area contributed by atoms with E-state index < -0.39 is 11.9 Å². The summed E-state index contributed by atoms with van der Waals surface area (Å²) in [6, 6.07) is 0. The number of carboxylic acids is 1. The predicted molar refractivity (Wildman–Crippen MR) is 61.6 cm³/mol. The van der Waals surface area contributed by atoms with Gasteiger partial charge in [0, 0.05) is 25.7 Å². The fourth-order valence-corrected chi connectivity index (χ4v) is 2.13. The van der Waals surface area contributed by atoms with Crippen LogP contribution in [0.2, 0.25) is 0 Å². The highest BCUT2D eigenvalue weighted by Crippen LogP contribution is 2.17. The number of nitrogens with zero attached hydrogens (tertiary/aromatic N) is 4. The first-order chi connectivity index (χ1) is 8.66. The lowest BCUT2D eigenvalue weighted by Crippen LogP contribution is -2.42. The molecular formula is C11H16N4O3. The maximum absolute atomic E-state index is 11.9. The van der Waals surface area contributed by atoms with Crippen molar-refractivity contribution in [3.05, 3.63) is 12.4 Å². The van der Waals surface area contributed by atoms with E-state index in [4.69, 9.17) is 5.11 Å². The Morgan fingerprint density at radius 1 is 1.44 bits per heavy atom. The summed E-state index contributed by atoms with van der Waals surface area (Å²) in [4.78, 5) is 24.5. The number of piperidine rings is 1. The standard InChI is InChI=1S/C11H16N4O3/c16-10(3-6-15-7-4-12-13-15)14-5-1-2-9(8-14)11(17)18/h4,7,9H,1-3,5-6,8H2,(H,17,18). The van der Waals surface area contributed by atoms with Crippen LogP contribution >= 0.6 is 0 Å². The van der Waals surface area contributed by atoms with Gasteiger partial charge in [-0.2, -0.15) is 0 Å². The summed E-state index contributed by atoms with van der Waals surface area (Å²) >= 11 is 0. The van der Waals surface area contributed by atoms with E-state index in [0.717, 1.165) is 6.42 Å². The molecule has 1 fully saturated rings. The quantitative estimate of drug-likeness (QED) is 0.814. The fourth-order valence-electron chi connectivity index (χ4n) is 2.13. The Hall–Kier alpha value is -1.92. The molecule has 1 N–H and O–H groups in total. The molecule has 1 unspecified atom stereocenters. The molecule has 2 rings (SSSR count). The molecule has 0 bridgehead atoms. The first-order valence-corrected chi connectivity index (χ1v) is 6.01. The molecule has 1 amide bonds. The average molecular weight is 252 g/mol. The van der Waals surface area contributed by atoms with Crippen molar-refractivity contribution in [3.63, 3.8) is 0 Å². The van der Waals surface area contributed by atoms with Gasteiger partial charge in [-0.1, -0.05) is 5.21 Å². The molecule has 7 nitrogen and oxygen atoms in total. The summed E-state index contributed by atoms with van der Waals surface area (Å²) in [6.07, 6.45) is 5.00. The van der Waals surface area contributed by atoms with E-state index in [-0.39, 0.29) is 5.91 Å². The second-order valence-electron chi connectivity index (χ2n) is 4.43. The molecule has 1 atom stereocenters. The molecule has 7 heteroatoms. The van der Waals surface area contributed by atoms with Crippen molar-refractivity contribution in [2.75, 3.05) is 13.1 Å². The minimum atomic E-state index is -0.816. The summed E-state index contributed by atoms with van der Waals surface area (Å²) in [5, 5.41) is 16.4. The minimum absolute atomic E-state index is 0.0172. The number of hydrogen-bond acceptors (Lipinski definition) is 4. The normalized spacial score (nSPS) is 19.8. The van der Waals surface area contributed by atoms with Gasteiger partial charge in [-0.15, -0.1) is 5.10 Å². The number of aryl methyl sites for hydroxylation is 1. The first-order valence-electron chi connectivity index (χ1n) is 6.01. The number of aromatic nitrogens is 3. The number of rotatable bonds is 4. The molecule has 0 radical (unpaired) electrons. The van der Waals surface area contributed by atoms with Gasteiger partial charge in [0.05, 0.1) is 18.7 Å². The van der Waals surface area contributed by atoms with Gasteiger partial charge in [0.1, 0.15) is 0 Å². The molecule has 1 aromatic heterocycles. The number of amides is 1. The van der Waals surface area contributed by atoms with Crippen LogP contribution < -0.4 is 0 Å². The summed E-state index contributed by atoms with van der Waals surface area (Å²) < 4.78 is 1.59. The Kier molecular flexibility index (Phi) is 3.91. The van der Waals surface area contributed by atoms with Crippen LogP contribution in [0.15, 0.2) is 12.4 Å². The zero-order chi connectivity index (χ0) is 13.0. The Balaban J connectivity index is 1.83. The second-order valence-corrected chi connectivity index (χ2v) is 4.43. The maximum Gasteiger partial charge on any atom is 0.308 e. The van der Waals surface area contributed by atoms with Gasteiger partial charge in [0.15, 0.2) is 0 Å². The molecule has 1 aromatic rings. The van der Waals surface area contributed by atoms with E-state index in [0.29, 0.717) is 32.5 Å². The largest absolute Gasteiger partial charge is 0.481 e. The molecule has 0 spiro atoms. The molecule has 0 aliphatic carbocycles. The Labute approximate surface area is 104 Å². The van der Waals surface area contributed by atoms with Gasteiger partial charge < -0.3 is 10.0 Å². The molecule has 18 heavy (non-hydrogen) atoms. The van der Waals surface area contributed by atoms with Crippen LogP contribution in [0.3, 0.4) is 0 Å². The third-order valence-electron chi connectivity index (χ3n) is 3.15. The first kappa shape index (κ1) is 12.5. The van der Waals surface area contributed by atoms with Crippen molar-refractivity contribution >= 4 is 11.9 Å². The van der Waals surface area contributed by atoms with Gasteiger partial charge in [0.25, 0.3) is 0 Å². The van der Waals surface area contributed by atoms with E-state index in [9.17, 15) is 9.59 Å². The van der Waals surface area contributed by atoms with Gasteiger partial charge >= 0.3 is 5.97 Å². The topological polar surface area (TPSA) is 88.3 Å². The lowest BCUT2D eigenvalue weighted by Gasteiger charge is -2.30. The number of hydrogen-bond donors (Lipinski definition) is 1. The van der Waals surface area contributed by atoms with E-state index in [1.54, 1.807) is 22.0 Å². The molecule has 1 aliphatic heterocycles. The highest BCUT2D eigenvalue weighted by atomic mass is 16.4. The Morgan fingerprint density at radius 3 is 2.94 bits per heavy atom. The van der Waals surface area contributed by atoms with Crippen LogP contribution in [-0.4, -0.2) is 50.0 Å². The lowest BCUT2D eigenvalue weighted by molar-refractivity contribution is -0.145. The third kappa shape index (κ3) is 3.06. The Morgan fingerprint density at radius 2 is 2.28 bits per heavy atom. The lowest BCUT2D eigenvalue weighted by atomic mass is 9.98. The molecule has 98 valence electrons. The van der Waals surface area contributed by atoms with Crippen LogP contribution in [0.1, 0.15) is 19.3 Å². The van der Waals surface area contributed by atoms with E-state index >= 15 is 0 Å².